The lowest BCUT2D eigenvalue weighted by atomic mass is 10.1. The lowest BCUT2D eigenvalue weighted by Crippen LogP contribution is -2.50. The maximum Gasteiger partial charge on any atom is 0.273 e. The molecule has 0 unspecified atom stereocenters. The fraction of sp³-hybridized carbons (Fsp3) is 0.286. The Morgan fingerprint density at radius 3 is 2.29 bits per heavy atom. The zero-order valence-electron chi connectivity index (χ0n) is 23.7. The van der Waals surface area contributed by atoms with E-state index in [1.807, 2.05) is 0 Å². The third kappa shape index (κ3) is 7.09. The summed E-state index contributed by atoms with van der Waals surface area (Å²) in [7, 11) is -0.356. The minimum absolute atomic E-state index is 0.0337. The van der Waals surface area contributed by atoms with Crippen molar-refractivity contribution in [3.8, 4) is 11.5 Å². The molecule has 2 amide bonds. The summed E-state index contributed by atoms with van der Waals surface area (Å²) < 4.78 is 39.5. The van der Waals surface area contributed by atoms with E-state index in [1.54, 1.807) is 24.3 Å². The second kappa shape index (κ2) is 13.5. The van der Waals surface area contributed by atoms with E-state index in [9.17, 15) is 28.1 Å². The van der Waals surface area contributed by atoms with E-state index in [0.717, 1.165) is 10.4 Å². The molecule has 12 nitrogen and oxygen atoms in total. The van der Waals surface area contributed by atoms with Crippen molar-refractivity contribution in [3.05, 3.63) is 86.9 Å². The topological polar surface area (TPSA) is 148 Å². The number of carbonyl (C=O) groups excluding carboxylic acids is 2. The number of rotatable bonds is 12. The molecule has 0 heterocycles. The van der Waals surface area contributed by atoms with Gasteiger partial charge in [-0.15, -0.1) is 0 Å². The predicted octanol–water partition coefficient (Wildman–Crippen LogP) is 3.93. The number of sulfonamides is 1. The quantitative estimate of drug-likeness (QED) is 0.237. The lowest BCUT2D eigenvalue weighted by molar-refractivity contribution is -0.385. The van der Waals surface area contributed by atoms with E-state index in [2.05, 4.69) is 5.32 Å². The third-order valence-corrected chi connectivity index (χ3v) is 8.57. The van der Waals surface area contributed by atoms with E-state index in [1.165, 1.54) is 70.3 Å². The fourth-order valence-corrected chi connectivity index (χ4v) is 5.77. The van der Waals surface area contributed by atoms with Gasteiger partial charge in [0.1, 0.15) is 24.1 Å². The Labute approximate surface area is 249 Å². The van der Waals surface area contributed by atoms with Crippen LogP contribution in [0.15, 0.2) is 65.6 Å². The maximum atomic E-state index is 14.1. The Morgan fingerprint density at radius 2 is 1.71 bits per heavy atom. The van der Waals surface area contributed by atoms with E-state index in [0.29, 0.717) is 11.3 Å². The first-order valence-corrected chi connectivity index (χ1v) is 14.4. The number of carbonyl (C=O) groups is 2. The van der Waals surface area contributed by atoms with Gasteiger partial charge in [-0.2, -0.15) is 0 Å². The van der Waals surface area contributed by atoms with Gasteiger partial charge in [0.15, 0.2) is 0 Å². The van der Waals surface area contributed by atoms with E-state index >= 15 is 0 Å². The van der Waals surface area contributed by atoms with E-state index < -0.39 is 49.9 Å². The van der Waals surface area contributed by atoms with Gasteiger partial charge in [0, 0.05) is 30.2 Å². The molecule has 0 aliphatic heterocycles. The summed E-state index contributed by atoms with van der Waals surface area (Å²) in [5.41, 5.74) is 0.434. The second-order valence-corrected chi connectivity index (χ2v) is 11.5. The van der Waals surface area contributed by atoms with Crippen LogP contribution in [0.2, 0.25) is 5.02 Å². The highest BCUT2D eigenvalue weighted by Crippen LogP contribution is 2.36. The van der Waals surface area contributed by atoms with Gasteiger partial charge in [-0.3, -0.25) is 24.0 Å². The maximum absolute atomic E-state index is 14.1. The van der Waals surface area contributed by atoms with Crippen LogP contribution in [0.5, 0.6) is 11.5 Å². The molecule has 3 aromatic carbocycles. The standard InChI is InChI=1S/C28H31ClN4O8S/c1-18-6-12-23(15-24(18)33(36)37)42(38,39)32(25-14-21(29)9-13-26(25)41-5)17-27(34)31(19(2)28(35)30-3)16-20-7-10-22(40-4)11-8-20/h6-15,19H,16-17H2,1-5H3,(H,30,35)/t19-/m0/s1. The highest BCUT2D eigenvalue weighted by atomic mass is 35.5. The van der Waals surface area contributed by atoms with E-state index in [-0.39, 0.29) is 28.6 Å². The summed E-state index contributed by atoms with van der Waals surface area (Å²) in [6, 6.07) is 13.5. The average Bonchev–Trinajstić information content (AvgIpc) is 2.97. The number of hydrogen-bond acceptors (Lipinski definition) is 8. The molecule has 42 heavy (non-hydrogen) atoms. The molecule has 224 valence electrons. The van der Waals surface area contributed by atoms with Crippen molar-refractivity contribution in [1.82, 2.24) is 10.2 Å². The third-order valence-electron chi connectivity index (χ3n) is 6.58. The lowest BCUT2D eigenvalue weighted by Gasteiger charge is -2.32. The molecule has 3 rings (SSSR count). The number of aryl methyl sites for hydroxylation is 1. The molecule has 0 radical (unpaired) electrons. The van der Waals surface area contributed by atoms with Crippen molar-refractivity contribution < 1.29 is 32.4 Å². The highest BCUT2D eigenvalue weighted by Gasteiger charge is 2.34. The second-order valence-electron chi connectivity index (χ2n) is 9.19. The molecule has 0 fully saturated rings. The first-order valence-electron chi connectivity index (χ1n) is 12.6. The molecule has 1 atom stereocenters. The summed E-state index contributed by atoms with van der Waals surface area (Å²) in [5, 5.41) is 14.2. The molecule has 0 aromatic heterocycles. The van der Waals surface area contributed by atoms with Crippen LogP contribution >= 0.6 is 11.6 Å². The highest BCUT2D eigenvalue weighted by molar-refractivity contribution is 7.92. The van der Waals surface area contributed by atoms with Crippen molar-refractivity contribution in [1.29, 1.82) is 0 Å². The van der Waals surface area contributed by atoms with Crippen LogP contribution in [-0.4, -0.2) is 63.9 Å². The molecule has 0 spiro atoms. The van der Waals surface area contributed by atoms with Gasteiger partial charge < -0.3 is 19.7 Å². The number of methoxy groups -OCH3 is 2. The Kier molecular flexibility index (Phi) is 10.4. The van der Waals surface area contributed by atoms with Gasteiger partial charge in [-0.1, -0.05) is 29.8 Å². The zero-order chi connectivity index (χ0) is 31.2. The summed E-state index contributed by atoms with van der Waals surface area (Å²) in [6.45, 7) is 2.18. The largest absolute Gasteiger partial charge is 0.497 e. The summed E-state index contributed by atoms with van der Waals surface area (Å²) >= 11 is 6.22. The monoisotopic (exact) mass is 618 g/mol. The Balaban J connectivity index is 2.15. The molecule has 14 heteroatoms. The van der Waals surface area contributed by atoms with Crippen molar-refractivity contribution in [2.45, 2.75) is 31.3 Å². The number of nitrogens with one attached hydrogen (secondary N) is 1. The SMILES string of the molecule is CNC(=O)[C@H](C)N(Cc1ccc(OC)cc1)C(=O)CN(c1cc(Cl)ccc1OC)S(=O)(=O)c1ccc(C)c([N+](=O)[O-])c1. The molecular formula is C28H31ClN4O8S. The van der Waals surface area contributed by atoms with Gasteiger partial charge in [0.2, 0.25) is 11.8 Å². The molecule has 0 bridgehead atoms. The van der Waals surface area contributed by atoms with Crippen LogP contribution in [0, 0.1) is 17.0 Å². The minimum atomic E-state index is -4.61. The van der Waals surface area contributed by atoms with Crippen LogP contribution in [-0.2, 0) is 26.2 Å². The number of nitro benzene ring substituents is 1. The van der Waals surface area contributed by atoms with Crippen molar-refractivity contribution in [2.75, 3.05) is 32.1 Å². The smallest absolute Gasteiger partial charge is 0.273 e. The predicted molar refractivity (Wildman–Crippen MR) is 157 cm³/mol. The van der Waals surface area contributed by atoms with Gasteiger partial charge in [0.25, 0.3) is 15.7 Å². The van der Waals surface area contributed by atoms with Gasteiger partial charge in [0.05, 0.1) is 29.7 Å². The number of likely N-dealkylation sites (N-methyl/N-ethyl adjacent to an activating group) is 1. The molecule has 3 aromatic rings. The van der Waals surface area contributed by atoms with E-state index in [4.69, 9.17) is 21.1 Å². The van der Waals surface area contributed by atoms with Crippen LogP contribution in [0.1, 0.15) is 18.1 Å². The van der Waals surface area contributed by atoms with Crippen molar-refractivity contribution >= 4 is 44.8 Å². The average molecular weight is 619 g/mol. The number of amides is 2. The number of benzene rings is 3. The Bertz CT molecular complexity index is 1580. The number of anilines is 1. The first kappa shape index (κ1) is 32.2. The van der Waals surface area contributed by atoms with Gasteiger partial charge in [-0.25, -0.2) is 8.42 Å². The number of halogens is 1. The molecule has 1 N–H and O–H groups in total. The summed E-state index contributed by atoms with van der Waals surface area (Å²) in [4.78, 5) is 38.3. The number of hydrogen-bond donors (Lipinski definition) is 1. The van der Waals surface area contributed by atoms with Crippen LogP contribution in [0.3, 0.4) is 0 Å². The summed E-state index contributed by atoms with van der Waals surface area (Å²) in [6.07, 6.45) is 0. The molecule has 0 aliphatic carbocycles. The molecule has 0 saturated carbocycles. The Hall–Kier alpha value is -4.36. The van der Waals surface area contributed by atoms with Crippen LogP contribution < -0.4 is 19.1 Å². The number of nitrogens with zero attached hydrogens (tertiary/aromatic N) is 3. The number of nitro groups is 1. The van der Waals surface area contributed by atoms with Crippen LogP contribution in [0.25, 0.3) is 0 Å². The van der Waals surface area contributed by atoms with Crippen molar-refractivity contribution in [3.63, 3.8) is 0 Å². The van der Waals surface area contributed by atoms with Crippen molar-refractivity contribution in [2.24, 2.45) is 0 Å². The van der Waals surface area contributed by atoms with Gasteiger partial charge in [-0.05, 0) is 55.8 Å². The number of ether oxygens (including phenoxy) is 2. The molecule has 0 saturated heterocycles. The minimum Gasteiger partial charge on any atom is -0.497 e. The Morgan fingerprint density at radius 1 is 1.05 bits per heavy atom. The fourth-order valence-electron chi connectivity index (χ4n) is 4.16. The zero-order valence-corrected chi connectivity index (χ0v) is 25.2. The summed E-state index contributed by atoms with van der Waals surface area (Å²) in [5.74, 6) is -0.526. The molecular weight excluding hydrogens is 588 g/mol. The molecule has 0 aliphatic rings. The van der Waals surface area contributed by atoms with Gasteiger partial charge >= 0.3 is 0 Å². The normalized spacial score (nSPS) is 11.8. The van der Waals surface area contributed by atoms with Crippen LogP contribution in [0.4, 0.5) is 11.4 Å². The first-order chi connectivity index (χ1) is 19.8.